The van der Waals surface area contributed by atoms with Gasteiger partial charge in [-0.05, 0) is 95.9 Å². The van der Waals surface area contributed by atoms with Crippen LogP contribution < -0.4 is 14.4 Å². The van der Waals surface area contributed by atoms with Gasteiger partial charge in [-0.1, -0.05) is 12.1 Å². The minimum atomic E-state index is -3.68. The van der Waals surface area contributed by atoms with Gasteiger partial charge in [0.2, 0.25) is 10.0 Å². The van der Waals surface area contributed by atoms with E-state index in [4.69, 9.17) is 9.47 Å². The summed E-state index contributed by atoms with van der Waals surface area (Å²) in [4.78, 5) is 28.3. The van der Waals surface area contributed by atoms with Crippen LogP contribution in [0, 0.1) is 18.2 Å². The Morgan fingerprint density at radius 2 is 1.92 bits per heavy atom. The predicted molar refractivity (Wildman–Crippen MR) is 186 cm³/mol. The average Bonchev–Trinajstić information content (AvgIpc) is 3.06. The molecule has 12 nitrogen and oxygen atoms in total. The molecule has 6 rings (SSSR count). The molecule has 0 unspecified atom stereocenters. The number of carbonyl (C=O) groups is 1. The van der Waals surface area contributed by atoms with Crippen LogP contribution in [0.15, 0.2) is 59.9 Å². The number of ether oxygens (including phenoxy) is 2. The SMILES string of the molecule is CCN(C(=O)c1cc(F)ccc1Oc1cncnc1N1CC2(CCN(C[C@@]3(O)CC[C@@H](NS(=O)(=O)c4cccc(C)c4)CO3)CC2)C1)C(C)C. The number of likely N-dealkylation sites (tertiary alicyclic amines) is 1. The highest BCUT2D eigenvalue weighted by atomic mass is 32.2. The molecule has 2 N–H and O–H groups in total. The zero-order chi connectivity index (χ0) is 35.7. The summed E-state index contributed by atoms with van der Waals surface area (Å²) in [6.45, 7) is 11.6. The maximum Gasteiger partial charge on any atom is 0.257 e. The summed E-state index contributed by atoms with van der Waals surface area (Å²) >= 11 is 0. The minimum absolute atomic E-state index is 0.0635. The van der Waals surface area contributed by atoms with E-state index in [2.05, 4.69) is 24.5 Å². The van der Waals surface area contributed by atoms with Crippen LogP contribution in [0.4, 0.5) is 10.2 Å². The second-order valence-electron chi connectivity index (χ2n) is 14.2. The van der Waals surface area contributed by atoms with Crippen molar-refractivity contribution in [1.29, 1.82) is 0 Å². The van der Waals surface area contributed by atoms with E-state index >= 15 is 0 Å². The van der Waals surface area contributed by atoms with Crippen LogP contribution in [0.3, 0.4) is 0 Å². The van der Waals surface area contributed by atoms with Gasteiger partial charge in [-0.25, -0.2) is 27.5 Å². The van der Waals surface area contributed by atoms with Gasteiger partial charge in [0.1, 0.15) is 17.9 Å². The molecule has 2 aromatic carbocycles. The van der Waals surface area contributed by atoms with Crippen LogP contribution in [0.1, 0.15) is 62.4 Å². The van der Waals surface area contributed by atoms with Crippen molar-refractivity contribution in [3.8, 4) is 11.5 Å². The molecule has 3 fully saturated rings. The first kappa shape index (κ1) is 36.1. The van der Waals surface area contributed by atoms with E-state index in [1.807, 2.05) is 33.8 Å². The zero-order valence-electron chi connectivity index (χ0n) is 29.1. The van der Waals surface area contributed by atoms with Crippen LogP contribution in [0.5, 0.6) is 11.5 Å². The Bertz CT molecular complexity index is 1780. The number of nitrogens with one attached hydrogen (secondary N) is 1. The molecule has 4 heterocycles. The van der Waals surface area contributed by atoms with Crippen molar-refractivity contribution in [2.45, 2.75) is 76.1 Å². The maximum atomic E-state index is 14.3. The fourth-order valence-electron chi connectivity index (χ4n) is 7.26. The van der Waals surface area contributed by atoms with Crippen LogP contribution in [0.25, 0.3) is 0 Å². The highest BCUT2D eigenvalue weighted by Crippen LogP contribution is 2.45. The normalized spacial score (nSPS) is 22.4. The Morgan fingerprint density at radius 3 is 2.58 bits per heavy atom. The molecule has 1 spiro atoms. The fourth-order valence-corrected chi connectivity index (χ4v) is 8.62. The number of aliphatic hydroxyl groups is 1. The number of anilines is 1. The monoisotopic (exact) mass is 710 g/mol. The van der Waals surface area contributed by atoms with E-state index in [0.717, 1.165) is 44.6 Å². The summed E-state index contributed by atoms with van der Waals surface area (Å²) < 4.78 is 54.9. The quantitative estimate of drug-likeness (QED) is 0.296. The van der Waals surface area contributed by atoms with Gasteiger partial charge >= 0.3 is 0 Å². The summed E-state index contributed by atoms with van der Waals surface area (Å²) in [6, 6.07) is 10.2. The van der Waals surface area contributed by atoms with Gasteiger partial charge in [0.25, 0.3) is 5.91 Å². The third kappa shape index (κ3) is 7.94. The molecular formula is C36H47FN6O6S. The van der Waals surface area contributed by atoms with Crippen molar-refractivity contribution in [1.82, 2.24) is 24.5 Å². The molecule has 3 aromatic rings. The number of carbonyl (C=O) groups excluding carboxylic acids is 1. The summed E-state index contributed by atoms with van der Waals surface area (Å²) in [6.07, 6.45) is 5.69. The van der Waals surface area contributed by atoms with Gasteiger partial charge < -0.3 is 24.4 Å². The van der Waals surface area contributed by atoms with Crippen molar-refractivity contribution in [3.63, 3.8) is 0 Å². The Hall–Kier alpha value is -3.69. The molecule has 1 aromatic heterocycles. The number of β-amino-alcohol motifs (C(OH)–C–C–N with tert-alkyl or cyclic N) is 1. The van der Waals surface area contributed by atoms with Gasteiger partial charge in [0.05, 0.1) is 29.8 Å². The lowest BCUT2D eigenvalue weighted by Gasteiger charge is -2.55. The second-order valence-corrected chi connectivity index (χ2v) is 15.9. The molecule has 0 bridgehead atoms. The summed E-state index contributed by atoms with van der Waals surface area (Å²) in [5.41, 5.74) is 1.10. The molecule has 0 aliphatic carbocycles. The number of piperidine rings is 1. The van der Waals surface area contributed by atoms with Crippen molar-refractivity contribution >= 4 is 21.7 Å². The molecule has 3 saturated heterocycles. The minimum Gasteiger partial charge on any atom is -0.451 e. The van der Waals surface area contributed by atoms with Gasteiger partial charge in [-0.3, -0.25) is 9.69 Å². The molecule has 3 aliphatic heterocycles. The lowest BCUT2D eigenvalue weighted by atomic mass is 9.72. The van der Waals surface area contributed by atoms with Crippen molar-refractivity contribution < 1.29 is 32.2 Å². The Labute approximate surface area is 293 Å². The van der Waals surface area contributed by atoms with E-state index in [-0.39, 0.29) is 40.2 Å². The molecule has 0 radical (unpaired) electrons. The molecule has 2 atom stereocenters. The number of nitrogens with zero attached hydrogens (tertiary/aromatic N) is 5. The predicted octanol–water partition coefficient (Wildman–Crippen LogP) is 4.34. The lowest BCUT2D eigenvalue weighted by molar-refractivity contribution is -0.239. The highest BCUT2D eigenvalue weighted by Gasteiger charge is 2.47. The van der Waals surface area contributed by atoms with Crippen LogP contribution >= 0.6 is 0 Å². The standard InChI is InChI=1S/C36H47FN6O6S/c1-5-43(25(2)3)34(44)30-18-27(37)9-10-31(30)49-32-19-38-24-39-33(32)42-21-35(22-42)13-15-41(16-14-35)23-36(45)12-11-28(20-48-36)40-50(46,47)29-8-6-7-26(4)17-29/h6-10,17-19,24-25,28,40,45H,5,11-16,20-23H2,1-4H3/t28-,36-/m1/s1. The average molecular weight is 711 g/mol. The molecule has 1 amide bonds. The Morgan fingerprint density at radius 1 is 1.16 bits per heavy atom. The first-order valence-electron chi connectivity index (χ1n) is 17.3. The molecule has 0 saturated carbocycles. The highest BCUT2D eigenvalue weighted by molar-refractivity contribution is 7.89. The second kappa shape index (κ2) is 14.5. The number of amides is 1. The smallest absolute Gasteiger partial charge is 0.257 e. The van der Waals surface area contributed by atoms with Crippen molar-refractivity contribution in [2.24, 2.45) is 5.41 Å². The molecule has 14 heteroatoms. The zero-order valence-corrected chi connectivity index (χ0v) is 30.0. The van der Waals surface area contributed by atoms with Gasteiger partial charge in [0, 0.05) is 43.6 Å². The lowest BCUT2D eigenvalue weighted by Crippen LogP contribution is -2.62. The van der Waals surface area contributed by atoms with E-state index in [1.165, 1.54) is 24.5 Å². The number of aromatic nitrogens is 2. The van der Waals surface area contributed by atoms with E-state index < -0.39 is 27.7 Å². The van der Waals surface area contributed by atoms with Crippen molar-refractivity contribution in [2.75, 3.05) is 50.8 Å². The van der Waals surface area contributed by atoms with E-state index in [0.29, 0.717) is 37.5 Å². The number of sulfonamides is 1. The molecule has 270 valence electrons. The van der Waals surface area contributed by atoms with Gasteiger partial charge in [-0.15, -0.1) is 0 Å². The number of rotatable bonds is 11. The van der Waals surface area contributed by atoms with E-state index in [9.17, 15) is 22.7 Å². The Kier molecular flexibility index (Phi) is 10.5. The number of halogens is 1. The first-order chi connectivity index (χ1) is 23.8. The van der Waals surface area contributed by atoms with E-state index in [1.54, 1.807) is 29.3 Å². The van der Waals surface area contributed by atoms with Crippen LogP contribution in [-0.4, -0.2) is 103 Å². The van der Waals surface area contributed by atoms with Crippen molar-refractivity contribution in [3.05, 3.63) is 71.9 Å². The summed E-state index contributed by atoms with van der Waals surface area (Å²) in [5, 5.41) is 11.3. The third-order valence-electron chi connectivity index (χ3n) is 10.1. The number of aryl methyl sites for hydroxylation is 1. The van der Waals surface area contributed by atoms with Gasteiger partial charge in [-0.2, -0.15) is 0 Å². The Balaban J connectivity index is 1.02. The third-order valence-corrected chi connectivity index (χ3v) is 11.6. The van der Waals surface area contributed by atoms with Gasteiger partial charge in [0.15, 0.2) is 17.4 Å². The number of hydrogen-bond donors (Lipinski definition) is 2. The van der Waals surface area contributed by atoms with Crippen LogP contribution in [0.2, 0.25) is 0 Å². The number of benzene rings is 2. The van der Waals surface area contributed by atoms with Crippen LogP contribution in [-0.2, 0) is 14.8 Å². The topological polar surface area (TPSA) is 137 Å². The molecule has 50 heavy (non-hydrogen) atoms. The summed E-state index contributed by atoms with van der Waals surface area (Å²) in [5.74, 6) is -0.912. The number of hydrogen-bond acceptors (Lipinski definition) is 10. The summed E-state index contributed by atoms with van der Waals surface area (Å²) in [7, 11) is -3.68. The molecular weight excluding hydrogens is 663 g/mol. The fraction of sp³-hybridized carbons (Fsp3) is 0.528. The largest absolute Gasteiger partial charge is 0.451 e. The first-order valence-corrected chi connectivity index (χ1v) is 18.8. The molecule has 3 aliphatic rings. The maximum absolute atomic E-state index is 14.3.